The average molecular weight is 489 g/mol. The smallest absolute Gasteiger partial charge is 0.408 e. The summed E-state index contributed by atoms with van der Waals surface area (Å²) in [5.41, 5.74) is 7.02. The van der Waals surface area contributed by atoms with Gasteiger partial charge in [0.2, 0.25) is 17.7 Å². The molecular formula is C26H40N4O5. The molecule has 0 saturated heterocycles. The molecular weight excluding hydrogens is 448 g/mol. The van der Waals surface area contributed by atoms with Crippen molar-refractivity contribution in [2.75, 3.05) is 13.1 Å². The molecule has 0 aromatic heterocycles. The summed E-state index contributed by atoms with van der Waals surface area (Å²) in [6, 6.07) is 3.21. The van der Waals surface area contributed by atoms with Gasteiger partial charge in [-0.15, -0.1) is 6.58 Å². The van der Waals surface area contributed by atoms with Gasteiger partial charge in [-0.3, -0.25) is 14.4 Å². The molecule has 0 bridgehead atoms. The third kappa shape index (κ3) is 9.42. The lowest BCUT2D eigenvalue weighted by atomic mass is 9.94. The molecule has 0 fully saturated rings. The van der Waals surface area contributed by atoms with Gasteiger partial charge in [0, 0.05) is 13.1 Å². The molecule has 194 valence electrons. The third-order valence-electron chi connectivity index (χ3n) is 5.33. The molecule has 35 heavy (non-hydrogen) atoms. The predicted molar refractivity (Wildman–Crippen MR) is 135 cm³/mol. The number of hydrogen-bond acceptors (Lipinski definition) is 5. The van der Waals surface area contributed by atoms with E-state index in [4.69, 9.17) is 10.5 Å². The van der Waals surface area contributed by atoms with E-state index in [1.807, 2.05) is 32.9 Å². The normalized spacial score (nSPS) is 12.7. The number of hydrogen-bond donors (Lipinski definition) is 3. The van der Waals surface area contributed by atoms with E-state index >= 15 is 0 Å². The zero-order valence-corrected chi connectivity index (χ0v) is 21.8. The summed E-state index contributed by atoms with van der Waals surface area (Å²) < 4.78 is 5.26. The molecule has 1 aromatic rings. The van der Waals surface area contributed by atoms with Crippen LogP contribution in [0.25, 0.3) is 0 Å². The molecule has 0 aliphatic rings. The van der Waals surface area contributed by atoms with Crippen LogP contribution in [0.1, 0.15) is 69.7 Å². The van der Waals surface area contributed by atoms with Gasteiger partial charge >= 0.3 is 6.09 Å². The van der Waals surface area contributed by atoms with E-state index in [1.54, 1.807) is 26.8 Å². The Morgan fingerprint density at radius 2 is 1.86 bits per heavy atom. The molecule has 1 rings (SSSR count). The lowest BCUT2D eigenvalue weighted by molar-refractivity contribution is -0.142. The summed E-state index contributed by atoms with van der Waals surface area (Å²) in [4.78, 5) is 52.7. The van der Waals surface area contributed by atoms with Gasteiger partial charge in [0.15, 0.2) is 0 Å². The predicted octanol–water partition coefficient (Wildman–Crippen LogP) is 3.04. The van der Waals surface area contributed by atoms with Gasteiger partial charge in [-0.2, -0.15) is 0 Å². The Kier molecular flexibility index (Phi) is 11.5. The molecule has 9 nitrogen and oxygen atoms in total. The van der Waals surface area contributed by atoms with Gasteiger partial charge < -0.3 is 26.0 Å². The lowest BCUT2D eigenvalue weighted by Gasteiger charge is -2.34. The Labute approximate surface area is 208 Å². The quantitative estimate of drug-likeness (QED) is 0.307. The van der Waals surface area contributed by atoms with Gasteiger partial charge in [-0.05, 0) is 57.7 Å². The second kappa shape index (κ2) is 13.5. The van der Waals surface area contributed by atoms with Crippen molar-refractivity contribution in [1.82, 2.24) is 15.5 Å². The van der Waals surface area contributed by atoms with E-state index in [2.05, 4.69) is 17.2 Å². The Morgan fingerprint density at radius 1 is 1.20 bits per heavy atom. The summed E-state index contributed by atoms with van der Waals surface area (Å²) in [6.07, 6.45) is 1.84. The maximum Gasteiger partial charge on any atom is 0.408 e. The van der Waals surface area contributed by atoms with Crippen molar-refractivity contribution < 1.29 is 23.9 Å². The first-order valence-electron chi connectivity index (χ1n) is 11.8. The van der Waals surface area contributed by atoms with Crippen molar-refractivity contribution in [2.24, 2.45) is 5.73 Å². The fraction of sp³-hybridized carbons (Fsp3) is 0.538. The molecule has 4 amide bonds. The molecule has 0 spiro atoms. The number of aryl methyl sites for hydroxylation is 1. The molecule has 9 heteroatoms. The topological polar surface area (TPSA) is 131 Å². The third-order valence-corrected chi connectivity index (χ3v) is 5.33. The number of carbonyl (C=O) groups excluding carboxylic acids is 4. The number of amides is 4. The number of unbranched alkanes of at least 4 members (excludes halogenated alkanes) is 1. The van der Waals surface area contributed by atoms with Crippen LogP contribution in [-0.4, -0.2) is 53.4 Å². The van der Waals surface area contributed by atoms with Crippen molar-refractivity contribution in [3.8, 4) is 0 Å². The molecule has 0 saturated carbocycles. The number of ether oxygens (including phenoxy) is 1. The standard InChI is InChI=1S/C26H40N4O5/c1-8-10-14-28-23(32)22(19-13-11-12-17(3)18(19)4)30(15-9-2)24(33)20(16-21(27)31)29-25(34)35-26(5,6)7/h9,11-13,20,22H,2,8,10,14-16H2,1,3-7H3,(H2,27,31)(H,28,32)(H,29,34). The van der Waals surface area contributed by atoms with Crippen molar-refractivity contribution in [1.29, 1.82) is 0 Å². The molecule has 2 atom stereocenters. The van der Waals surface area contributed by atoms with Crippen LogP contribution in [0.15, 0.2) is 30.9 Å². The van der Waals surface area contributed by atoms with Gasteiger partial charge in [0.25, 0.3) is 0 Å². The number of nitrogens with two attached hydrogens (primary N) is 1. The Morgan fingerprint density at radius 3 is 2.40 bits per heavy atom. The van der Waals surface area contributed by atoms with Crippen molar-refractivity contribution in [2.45, 2.75) is 78.5 Å². The summed E-state index contributed by atoms with van der Waals surface area (Å²) >= 11 is 0. The zero-order chi connectivity index (χ0) is 26.8. The average Bonchev–Trinajstić information content (AvgIpc) is 2.73. The van der Waals surface area contributed by atoms with Crippen LogP contribution >= 0.6 is 0 Å². The highest BCUT2D eigenvalue weighted by Gasteiger charge is 2.37. The number of benzene rings is 1. The molecule has 0 radical (unpaired) electrons. The largest absolute Gasteiger partial charge is 0.444 e. The van der Waals surface area contributed by atoms with Crippen molar-refractivity contribution in [3.63, 3.8) is 0 Å². The van der Waals surface area contributed by atoms with E-state index in [1.165, 1.54) is 11.0 Å². The first kappa shape index (κ1) is 29.7. The Hall–Kier alpha value is -3.36. The first-order valence-corrected chi connectivity index (χ1v) is 11.8. The molecule has 0 aliphatic heterocycles. The summed E-state index contributed by atoms with van der Waals surface area (Å²) in [5, 5.41) is 5.35. The van der Waals surface area contributed by atoms with Gasteiger partial charge in [0.05, 0.1) is 6.42 Å². The zero-order valence-electron chi connectivity index (χ0n) is 21.8. The van der Waals surface area contributed by atoms with E-state index in [-0.39, 0.29) is 12.5 Å². The molecule has 1 aromatic carbocycles. The molecule has 0 heterocycles. The second-order valence-corrected chi connectivity index (χ2v) is 9.48. The van der Waals surface area contributed by atoms with Crippen LogP contribution in [0.2, 0.25) is 0 Å². The van der Waals surface area contributed by atoms with Crippen LogP contribution in [0.5, 0.6) is 0 Å². The van der Waals surface area contributed by atoms with Crippen LogP contribution in [-0.2, 0) is 19.1 Å². The summed E-state index contributed by atoms with van der Waals surface area (Å²) in [6.45, 7) is 15.0. The van der Waals surface area contributed by atoms with E-state index in [9.17, 15) is 19.2 Å². The monoisotopic (exact) mass is 488 g/mol. The van der Waals surface area contributed by atoms with Crippen LogP contribution in [0, 0.1) is 13.8 Å². The van der Waals surface area contributed by atoms with Gasteiger partial charge in [0.1, 0.15) is 17.7 Å². The number of alkyl carbamates (subject to hydrolysis) is 1. The van der Waals surface area contributed by atoms with Gasteiger partial charge in [-0.25, -0.2) is 4.79 Å². The number of nitrogens with one attached hydrogen (secondary N) is 2. The minimum absolute atomic E-state index is 0.00331. The Balaban J connectivity index is 3.48. The highest BCUT2D eigenvalue weighted by molar-refractivity contribution is 5.94. The number of carbonyl (C=O) groups is 4. The van der Waals surface area contributed by atoms with Crippen LogP contribution in [0.4, 0.5) is 4.79 Å². The Bertz CT molecular complexity index is 923. The molecule has 2 unspecified atom stereocenters. The summed E-state index contributed by atoms with van der Waals surface area (Å²) in [7, 11) is 0. The highest BCUT2D eigenvalue weighted by Crippen LogP contribution is 2.27. The SMILES string of the molecule is C=CCN(C(=O)C(CC(N)=O)NC(=O)OC(C)(C)C)C(C(=O)NCCCC)c1cccc(C)c1C. The highest BCUT2D eigenvalue weighted by atomic mass is 16.6. The minimum Gasteiger partial charge on any atom is -0.444 e. The first-order chi connectivity index (χ1) is 16.3. The number of primary amides is 1. The lowest BCUT2D eigenvalue weighted by Crippen LogP contribution is -2.54. The fourth-order valence-electron chi connectivity index (χ4n) is 3.52. The van der Waals surface area contributed by atoms with E-state index in [0.29, 0.717) is 12.1 Å². The van der Waals surface area contributed by atoms with Crippen LogP contribution < -0.4 is 16.4 Å². The number of nitrogens with zero attached hydrogens (tertiary/aromatic N) is 1. The number of rotatable bonds is 12. The summed E-state index contributed by atoms with van der Waals surface area (Å²) in [5.74, 6) is -1.79. The minimum atomic E-state index is -1.32. The van der Waals surface area contributed by atoms with Crippen molar-refractivity contribution in [3.05, 3.63) is 47.5 Å². The van der Waals surface area contributed by atoms with Crippen molar-refractivity contribution >= 4 is 23.8 Å². The molecule has 4 N–H and O–H groups in total. The van der Waals surface area contributed by atoms with E-state index in [0.717, 1.165) is 24.0 Å². The maximum atomic E-state index is 13.7. The maximum absolute atomic E-state index is 13.7. The molecule has 0 aliphatic carbocycles. The second-order valence-electron chi connectivity index (χ2n) is 9.48. The van der Waals surface area contributed by atoms with Gasteiger partial charge in [-0.1, -0.05) is 37.6 Å². The van der Waals surface area contributed by atoms with Crippen LogP contribution in [0.3, 0.4) is 0 Å². The van der Waals surface area contributed by atoms with E-state index < -0.39 is 42.0 Å². The fourth-order valence-corrected chi connectivity index (χ4v) is 3.52.